The first-order valence-corrected chi connectivity index (χ1v) is 7.10. The normalized spacial score (nSPS) is 17.2. The zero-order chi connectivity index (χ0) is 13.0. The Morgan fingerprint density at radius 1 is 1.30 bits per heavy atom. The Morgan fingerprint density at radius 3 is 2.50 bits per heavy atom. The lowest BCUT2D eigenvalue weighted by Crippen LogP contribution is -2.45. The highest BCUT2D eigenvalue weighted by atomic mass is 35.5. The van der Waals surface area contributed by atoms with Crippen LogP contribution >= 0.6 is 36.4 Å². The van der Waals surface area contributed by atoms with Crippen molar-refractivity contribution in [2.75, 3.05) is 26.2 Å². The van der Waals surface area contributed by atoms with E-state index >= 15 is 0 Å². The van der Waals surface area contributed by atoms with Crippen molar-refractivity contribution in [1.82, 2.24) is 15.2 Å². The molecule has 1 aromatic heterocycles. The number of piperazine rings is 1. The molecule has 0 aromatic carbocycles. The number of hydrogen-bond acceptors (Lipinski definition) is 3. The van der Waals surface area contributed by atoms with E-state index < -0.39 is 0 Å². The van der Waals surface area contributed by atoms with E-state index in [1.165, 1.54) is 5.56 Å². The zero-order valence-corrected chi connectivity index (χ0v) is 14.4. The second kappa shape index (κ2) is 9.80. The Kier molecular flexibility index (Phi) is 9.77. The van der Waals surface area contributed by atoms with E-state index in [1.807, 2.05) is 6.20 Å². The summed E-state index contributed by atoms with van der Waals surface area (Å²) in [5.41, 5.74) is 1.22. The number of rotatable bonds is 4. The van der Waals surface area contributed by atoms with E-state index in [-0.39, 0.29) is 24.8 Å². The summed E-state index contributed by atoms with van der Waals surface area (Å²) in [5.74, 6) is 0.661. The summed E-state index contributed by atoms with van der Waals surface area (Å²) < 4.78 is 0. The summed E-state index contributed by atoms with van der Waals surface area (Å²) in [6, 6.07) is 2.49. The van der Waals surface area contributed by atoms with Crippen LogP contribution in [0.1, 0.15) is 31.9 Å². The lowest BCUT2D eigenvalue weighted by Gasteiger charge is -2.36. The average molecular weight is 341 g/mol. The van der Waals surface area contributed by atoms with Gasteiger partial charge in [-0.05, 0) is 24.0 Å². The molecule has 116 valence electrons. The first-order valence-electron chi connectivity index (χ1n) is 6.72. The molecule has 20 heavy (non-hydrogen) atoms. The van der Waals surface area contributed by atoms with Crippen molar-refractivity contribution in [1.29, 1.82) is 0 Å². The first kappa shape index (κ1) is 19.9. The second-order valence-electron chi connectivity index (χ2n) is 5.33. The Morgan fingerprint density at radius 2 is 1.95 bits per heavy atom. The van der Waals surface area contributed by atoms with Gasteiger partial charge in [0.25, 0.3) is 0 Å². The zero-order valence-electron chi connectivity index (χ0n) is 12.0. The van der Waals surface area contributed by atoms with E-state index in [9.17, 15) is 0 Å². The van der Waals surface area contributed by atoms with Gasteiger partial charge in [0.05, 0.1) is 5.02 Å². The minimum atomic E-state index is 0. The molecule has 0 radical (unpaired) electrons. The van der Waals surface area contributed by atoms with Crippen LogP contribution in [-0.2, 0) is 0 Å². The number of halogens is 3. The van der Waals surface area contributed by atoms with Crippen molar-refractivity contribution in [3.8, 4) is 0 Å². The Bertz CT molecular complexity index is 382. The molecule has 2 rings (SSSR count). The van der Waals surface area contributed by atoms with Gasteiger partial charge >= 0.3 is 0 Å². The van der Waals surface area contributed by atoms with Gasteiger partial charge in [0.1, 0.15) is 0 Å². The van der Waals surface area contributed by atoms with Crippen LogP contribution in [0.25, 0.3) is 0 Å². The van der Waals surface area contributed by atoms with Crippen molar-refractivity contribution in [2.45, 2.75) is 26.3 Å². The average Bonchev–Trinajstić information content (AvgIpc) is 2.38. The van der Waals surface area contributed by atoms with Crippen LogP contribution in [0.3, 0.4) is 0 Å². The number of hydrogen-bond donors (Lipinski definition) is 1. The van der Waals surface area contributed by atoms with Crippen LogP contribution in [0.2, 0.25) is 5.02 Å². The fourth-order valence-corrected chi connectivity index (χ4v) is 2.81. The molecule has 0 bridgehead atoms. The fraction of sp³-hybridized carbons (Fsp3) is 0.643. The predicted molar refractivity (Wildman–Crippen MR) is 90.4 cm³/mol. The maximum Gasteiger partial charge on any atom is 0.0637 e. The maximum absolute atomic E-state index is 6.32. The van der Waals surface area contributed by atoms with Gasteiger partial charge in [-0.15, -0.1) is 24.8 Å². The Balaban J connectivity index is 0.00000180. The maximum atomic E-state index is 6.32. The summed E-state index contributed by atoms with van der Waals surface area (Å²) in [6.45, 7) is 8.86. The lowest BCUT2D eigenvalue weighted by molar-refractivity contribution is 0.154. The quantitative estimate of drug-likeness (QED) is 0.908. The van der Waals surface area contributed by atoms with E-state index in [0.29, 0.717) is 12.0 Å². The molecule has 0 saturated carbocycles. The molecule has 1 aliphatic rings. The fourth-order valence-electron chi connectivity index (χ4n) is 2.57. The smallest absolute Gasteiger partial charge is 0.0637 e. The van der Waals surface area contributed by atoms with Gasteiger partial charge in [0.2, 0.25) is 0 Å². The van der Waals surface area contributed by atoms with Crippen LogP contribution in [-0.4, -0.2) is 36.1 Å². The third kappa shape index (κ3) is 5.38. The monoisotopic (exact) mass is 339 g/mol. The third-order valence-corrected chi connectivity index (χ3v) is 3.77. The van der Waals surface area contributed by atoms with Crippen molar-refractivity contribution < 1.29 is 0 Å². The molecule has 1 saturated heterocycles. The molecular formula is C14H24Cl3N3. The molecule has 0 spiro atoms. The van der Waals surface area contributed by atoms with E-state index in [0.717, 1.165) is 37.6 Å². The molecule has 1 N–H and O–H groups in total. The summed E-state index contributed by atoms with van der Waals surface area (Å²) in [4.78, 5) is 6.63. The molecule has 2 heterocycles. The summed E-state index contributed by atoms with van der Waals surface area (Å²) >= 11 is 6.32. The highest BCUT2D eigenvalue weighted by Crippen LogP contribution is 2.32. The van der Waals surface area contributed by atoms with Crippen LogP contribution in [0.4, 0.5) is 0 Å². The largest absolute Gasteiger partial charge is 0.314 e. The number of aromatic nitrogens is 1. The molecule has 0 amide bonds. The van der Waals surface area contributed by atoms with Gasteiger partial charge in [-0.2, -0.15) is 0 Å². The van der Waals surface area contributed by atoms with Crippen LogP contribution in [0.15, 0.2) is 18.5 Å². The second-order valence-corrected chi connectivity index (χ2v) is 5.74. The van der Waals surface area contributed by atoms with Crippen molar-refractivity contribution in [3.63, 3.8) is 0 Å². The molecule has 0 aliphatic carbocycles. The number of pyridine rings is 1. The predicted octanol–water partition coefficient (Wildman–Crippen LogP) is 3.57. The van der Waals surface area contributed by atoms with Crippen molar-refractivity contribution in [3.05, 3.63) is 29.0 Å². The van der Waals surface area contributed by atoms with Gasteiger partial charge in [-0.3, -0.25) is 9.88 Å². The molecule has 1 aromatic rings. The topological polar surface area (TPSA) is 28.2 Å². The number of nitrogens with zero attached hydrogens (tertiary/aromatic N) is 2. The van der Waals surface area contributed by atoms with Gasteiger partial charge < -0.3 is 5.32 Å². The van der Waals surface area contributed by atoms with Crippen LogP contribution in [0, 0.1) is 5.92 Å². The molecule has 1 atom stereocenters. The van der Waals surface area contributed by atoms with Gasteiger partial charge in [0.15, 0.2) is 0 Å². The molecule has 3 nitrogen and oxygen atoms in total. The van der Waals surface area contributed by atoms with Crippen LogP contribution < -0.4 is 5.32 Å². The summed E-state index contributed by atoms with van der Waals surface area (Å²) in [6.07, 6.45) is 4.74. The third-order valence-electron chi connectivity index (χ3n) is 3.45. The highest BCUT2D eigenvalue weighted by molar-refractivity contribution is 6.31. The number of nitrogens with one attached hydrogen (secondary N) is 1. The molecule has 1 aliphatic heterocycles. The molecule has 6 heteroatoms. The molecular weight excluding hydrogens is 317 g/mol. The van der Waals surface area contributed by atoms with E-state index in [1.54, 1.807) is 6.20 Å². The molecule has 1 fully saturated rings. The Labute approximate surface area is 139 Å². The standard InChI is InChI=1S/C14H22ClN3.2ClH/c1-11(2)9-14(18-7-5-16-6-8-18)12-3-4-17-10-13(12)15;;/h3-4,10-11,14,16H,5-9H2,1-2H3;2*1H/t14-;;/m0../s1. The minimum Gasteiger partial charge on any atom is -0.314 e. The SMILES string of the molecule is CC(C)C[C@@H](c1ccncc1Cl)N1CCNCC1.Cl.Cl. The van der Waals surface area contributed by atoms with E-state index in [4.69, 9.17) is 11.6 Å². The van der Waals surface area contributed by atoms with Crippen molar-refractivity contribution >= 4 is 36.4 Å². The molecule has 0 unspecified atom stereocenters. The summed E-state index contributed by atoms with van der Waals surface area (Å²) in [7, 11) is 0. The highest BCUT2D eigenvalue weighted by Gasteiger charge is 2.24. The first-order chi connectivity index (χ1) is 8.68. The van der Waals surface area contributed by atoms with E-state index in [2.05, 4.69) is 35.1 Å². The van der Waals surface area contributed by atoms with Crippen molar-refractivity contribution in [2.24, 2.45) is 5.92 Å². The summed E-state index contributed by atoms with van der Waals surface area (Å²) in [5, 5.41) is 4.20. The van der Waals surface area contributed by atoms with Gasteiger partial charge in [0, 0.05) is 44.6 Å². The van der Waals surface area contributed by atoms with Gasteiger partial charge in [-0.25, -0.2) is 0 Å². The Hall–Kier alpha value is -0.0600. The van der Waals surface area contributed by atoms with Gasteiger partial charge in [-0.1, -0.05) is 25.4 Å². The van der Waals surface area contributed by atoms with Crippen LogP contribution in [0.5, 0.6) is 0 Å². The minimum absolute atomic E-state index is 0. The lowest BCUT2D eigenvalue weighted by atomic mass is 9.95.